The summed E-state index contributed by atoms with van der Waals surface area (Å²) in [5.74, 6) is 0.115. The molecule has 1 aliphatic heterocycles. The maximum Gasteiger partial charge on any atom is 0.222 e. The molecule has 0 unspecified atom stereocenters. The van der Waals surface area contributed by atoms with Crippen LogP contribution in [0.2, 0.25) is 0 Å². The number of aryl methyl sites for hydroxylation is 1. The van der Waals surface area contributed by atoms with E-state index in [0.29, 0.717) is 32.4 Å². The molecule has 0 radical (unpaired) electrons. The predicted octanol–water partition coefficient (Wildman–Crippen LogP) is 0.795. The van der Waals surface area contributed by atoms with Crippen LogP contribution in [0, 0.1) is 0 Å². The average molecular weight is 234 g/mol. The lowest BCUT2D eigenvalue weighted by Crippen LogP contribution is -2.29. The third-order valence-corrected chi connectivity index (χ3v) is 3.09. The molecule has 0 aliphatic carbocycles. The SMILES string of the molecule is Nc1cccc(CCC(=O)N2CC[C@@H](O)C2)c1. The van der Waals surface area contributed by atoms with E-state index in [0.717, 1.165) is 11.3 Å². The summed E-state index contributed by atoms with van der Waals surface area (Å²) >= 11 is 0. The van der Waals surface area contributed by atoms with Crippen molar-refractivity contribution in [3.63, 3.8) is 0 Å². The Morgan fingerprint density at radius 2 is 2.35 bits per heavy atom. The first-order valence-corrected chi connectivity index (χ1v) is 5.95. The number of carbonyl (C=O) groups is 1. The Labute approximate surface area is 101 Å². The zero-order valence-electron chi connectivity index (χ0n) is 9.80. The summed E-state index contributed by atoms with van der Waals surface area (Å²) < 4.78 is 0. The quantitative estimate of drug-likeness (QED) is 0.760. The second-order valence-corrected chi connectivity index (χ2v) is 4.53. The zero-order valence-corrected chi connectivity index (χ0v) is 9.80. The van der Waals surface area contributed by atoms with Crippen molar-refractivity contribution in [1.82, 2.24) is 4.90 Å². The van der Waals surface area contributed by atoms with Crippen molar-refractivity contribution in [1.29, 1.82) is 0 Å². The molecular formula is C13H18N2O2. The molecule has 1 aromatic rings. The van der Waals surface area contributed by atoms with Gasteiger partial charge in [0.2, 0.25) is 5.91 Å². The third kappa shape index (κ3) is 3.20. The van der Waals surface area contributed by atoms with Crippen LogP contribution >= 0.6 is 0 Å². The van der Waals surface area contributed by atoms with Crippen molar-refractivity contribution in [2.24, 2.45) is 0 Å². The van der Waals surface area contributed by atoms with E-state index in [1.165, 1.54) is 0 Å². The van der Waals surface area contributed by atoms with Crippen molar-refractivity contribution in [2.45, 2.75) is 25.4 Å². The fourth-order valence-corrected chi connectivity index (χ4v) is 2.13. The number of nitrogens with zero attached hydrogens (tertiary/aromatic N) is 1. The minimum atomic E-state index is -0.341. The molecule has 0 saturated carbocycles. The highest BCUT2D eigenvalue weighted by Crippen LogP contribution is 2.13. The molecule has 1 heterocycles. The average Bonchev–Trinajstić information content (AvgIpc) is 2.73. The number of anilines is 1. The fourth-order valence-electron chi connectivity index (χ4n) is 2.13. The van der Waals surface area contributed by atoms with Crippen molar-refractivity contribution >= 4 is 11.6 Å². The molecular weight excluding hydrogens is 216 g/mol. The second kappa shape index (κ2) is 5.19. The number of hydrogen-bond acceptors (Lipinski definition) is 3. The fraction of sp³-hybridized carbons (Fsp3) is 0.462. The number of aliphatic hydroxyl groups excluding tert-OH is 1. The van der Waals surface area contributed by atoms with Crippen molar-refractivity contribution in [2.75, 3.05) is 18.8 Å². The number of carbonyl (C=O) groups excluding carboxylic acids is 1. The van der Waals surface area contributed by atoms with Crippen LogP contribution in [-0.4, -0.2) is 35.1 Å². The van der Waals surface area contributed by atoms with Gasteiger partial charge in [-0.25, -0.2) is 0 Å². The normalized spacial score (nSPS) is 19.6. The van der Waals surface area contributed by atoms with Gasteiger partial charge in [-0.3, -0.25) is 4.79 Å². The van der Waals surface area contributed by atoms with Gasteiger partial charge in [0.15, 0.2) is 0 Å². The number of aliphatic hydroxyl groups is 1. The Morgan fingerprint density at radius 1 is 1.53 bits per heavy atom. The Balaban J connectivity index is 1.84. The van der Waals surface area contributed by atoms with E-state index in [1.54, 1.807) is 4.90 Å². The van der Waals surface area contributed by atoms with E-state index in [9.17, 15) is 9.90 Å². The second-order valence-electron chi connectivity index (χ2n) is 4.53. The number of rotatable bonds is 3. The summed E-state index contributed by atoms with van der Waals surface area (Å²) in [6.45, 7) is 1.16. The van der Waals surface area contributed by atoms with Crippen LogP contribution in [0.3, 0.4) is 0 Å². The van der Waals surface area contributed by atoms with Crippen LogP contribution in [0.4, 0.5) is 5.69 Å². The van der Waals surface area contributed by atoms with Gasteiger partial charge in [0.05, 0.1) is 6.10 Å². The Hall–Kier alpha value is -1.55. The summed E-state index contributed by atoms with van der Waals surface area (Å²) in [5, 5.41) is 9.36. The maximum atomic E-state index is 11.8. The Bertz CT molecular complexity index is 406. The van der Waals surface area contributed by atoms with Gasteiger partial charge < -0.3 is 15.7 Å². The summed E-state index contributed by atoms with van der Waals surface area (Å²) in [6, 6.07) is 7.60. The lowest BCUT2D eigenvalue weighted by molar-refractivity contribution is -0.130. The van der Waals surface area contributed by atoms with Gasteiger partial charge in [0.1, 0.15) is 0 Å². The van der Waals surface area contributed by atoms with Crippen molar-refractivity contribution < 1.29 is 9.90 Å². The van der Waals surface area contributed by atoms with Gasteiger partial charge in [-0.05, 0) is 30.5 Å². The molecule has 1 aliphatic rings. The summed E-state index contributed by atoms with van der Waals surface area (Å²) in [4.78, 5) is 13.6. The highest BCUT2D eigenvalue weighted by molar-refractivity contribution is 5.76. The molecule has 1 fully saturated rings. The Kier molecular flexibility index (Phi) is 3.64. The monoisotopic (exact) mass is 234 g/mol. The minimum Gasteiger partial charge on any atom is -0.399 e. The summed E-state index contributed by atoms with van der Waals surface area (Å²) in [6.07, 6.45) is 1.54. The largest absolute Gasteiger partial charge is 0.399 e. The van der Waals surface area contributed by atoms with E-state index in [2.05, 4.69) is 0 Å². The minimum absolute atomic E-state index is 0.115. The molecule has 1 saturated heterocycles. The standard InChI is InChI=1S/C13H18N2O2/c14-11-3-1-2-10(8-11)4-5-13(17)15-7-6-12(16)9-15/h1-3,8,12,16H,4-7,9,14H2/t12-/m1/s1. The number of benzene rings is 1. The first-order valence-electron chi connectivity index (χ1n) is 5.95. The molecule has 1 amide bonds. The van der Waals surface area contributed by atoms with Crippen LogP contribution < -0.4 is 5.73 Å². The molecule has 2 rings (SSSR count). The van der Waals surface area contributed by atoms with Crippen molar-refractivity contribution in [3.05, 3.63) is 29.8 Å². The third-order valence-electron chi connectivity index (χ3n) is 3.09. The molecule has 4 heteroatoms. The van der Waals surface area contributed by atoms with Gasteiger partial charge >= 0.3 is 0 Å². The zero-order chi connectivity index (χ0) is 12.3. The molecule has 17 heavy (non-hydrogen) atoms. The lowest BCUT2D eigenvalue weighted by atomic mass is 10.1. The van der Waals surface area contributed by atoms with Crippen LogP contribution in [0.1, 0.15) is 18.4 Å². The smallest absolute Gasteiger partial charge is 0.222 e. The first kappa shape index (κ1) is 11.9. The van der Waals surface area contributed by atoms with Gasteiger partial charge in [-0.2, -0.15) is 0 Å². The van der Waals surface area contributed by atoms with Crippen LogP contribution in [0.25, 0.3) is 0 Å². The molecule has 1 aromatic carbocycles. The van der Waals surface area contributed by atoms with Gasteiger partial charge in [0, 0.05) is 25.2 Å². The molecule has 92 valence electrons. The van der Waals surface area contributed by atoms with Crippen molar-refractivity contribution in [3.8, 4) is 0 Å². The van der Waals surface area contributed by atoms with E-state index >= 15 is 0 Å². The molecule has 1 atom stereocenters. The Morgan fingerprint density at radius 3 is 3.00 bits per heavy atom. The number of nitrogen functional groups attached to an aromatic ring is 1. The first-order chi connectivity index (χ1) is 8.15. The van der Waals surface area contributed by atoms with E-state index in [4.69, 9.17) is 5.73 Å². The van der Waals surface area contributed by atoms with Gasteiger partial charge in [-0.15, -0.1) is 0 Å². The highest BCUT2D eigenvalue weighted by atomic mass is 16.3. The van der Waals surface area contributed by atoms with E-state index in [1.807, 2.05) is 24.3 Å². The maximum absolute atomic E-state index is 11.8. The van der Waals surface area contributed by atoms with Gasteiger partial charge in [-0.1, -0.05) is 12.1 Å². The molecule has 3 N–H and O–H groups in total. The predicted molar refractivity (Wildman–Crippen MR) is 66.4 cm³/mol. The molecule has 0 aromatic heterocycles. The molecule has 0 bridgehead atoms. The highest BCUT2D eigenvalue weighted by Gasteiger charge is 2.23. The van der Waals surface area contributed by atoms with E-state index < -0.39 is 0 Å². The van der Waals surface area contributed by atoms with Crippen LogP contribution in [0.5, 0.6) is 0 Å². The van der Waals surface area contributed by atoms with Crippen LogP contribution in [-0.2, 0) is 11.2 Å². The number of β-amino-alcohol motifs (C(OH)–C–C–N with tert-alkyl or cyclic N) is 1. The topological polar surface area (TPSA) is 66.6 Å². The van der Waals surface area contributed by atoms with Crippen LogP contribution in [0.15, 0.2) is 24.3 Å². The molecule has 4 nitrogen and oxygen atoms in total. The van der Waals surface area contributed by atoms with Gasteiger partial charge in [0.25, 0.3) is 0 Å². The summed E-state index contributed by atoms with van der Waals surface area (Å²) in [7, 11) is 0. The lowest BCUT2D eigenvalue weighted by Gasteiger charge is -2.15. The number of likely N-dealkylation sites (tertiary alicyclic amines) is 1. The molecule has 0 spiro atoms. The van der Waals surface area contributed by atoms with E-state index in [-0.39, 0.29) is 12.0 Å². The summed E-state index contributed by atoms with van der Waals surface area (Å²) in [5.41, 5.74) is 7.49. The number of hydrogen-bond donors (Lipinski definition) is 2. The number of nitrogens with two attached hydrogens (primary N) is 1. The number of amides is 1.